The number of carbonyl (C=O) groups is 2. The lowest BCUT2D eigenvalue weighted by molar-refractivity contribution is -0.150. The number of furan rings is 1. The van der Waals surface area contributed by atoms with Crippen molar-refractivity contribution in [2.24, 2.45) is 11.3 Å². The van der Waals surface area contributed by atoms with Gasteiger partial charge in [0.25, 0.3) is 5.91 Å². The summed E-state index contributed by atoms with van der Waals surface area (Å²) >= 11 is 0. The summed E-state index contributed by atoms with van der Waals surface area (Å²) in [6, 6.07) is 3.24. The molecule has 2 heterocycles. The quantitative estimate of drug-likeness (QED) is 0.890. The van der Waals surface area contributed by atoms with E-state index in [1.54, 1.807) is 17.0 Å². The Balaban J connectivity index is 2.17. The molecule has 0 bridgehead atoms. The molecule has 1 aromatic heterocycles. The maximum Gasteiger partial charge on any atom is 0.311 e. The summed E-state index contributed by atoms with van der Waals surface area (Å²) in [6.45, 7) is 4.48. The fourth-order valence-corrected chi connectivity index (χ4v) is 2.46. The second-order valence-electron chi connectivity index (χ2n) is 5.07. The van der Waals surface area contributed by atoms with Crippen molar-refractivity contribution in [2.45, 2.75) is 20.3 Å². The topological polar surface area (TPSA) is 70.8 Å². The second-order valence-corrected chi connectivity index (χ2v) is 5.07. The number of likely N-dealkylation sites (tertiary alicyclic amines) is 1. The van der Waals surface area contributed by atoms with Gasteiger partial charge in [-0.25, -0.2) is 0 Å². The molecule has 1 amide bonds. The number of hydrogen-bond donors (Lipinski definition) is 1. The largest absolute Gasteiger partial charge is 0.481 e. The molecule has 2 rings (SSSR count). The van der Waals surface area contributed by atoms with E-state index >= 15 is 0 Å². The summed E-state index contributed by atoms with van der Waals surface area (Å²) < 4.78 is 5.06. The second kappa shape index (κ2) is 4.48. The van der Waals surface area contributed by atoms with Crippen LogP contribution in [0.25, 0.3) is 0 Å². The maximum atomic E-state index is 12.1. The van der Waals surface area contributed by atoms with Gasteiger partial charge in [-0.05, 0) is 24.5 Å². The summed E-state index contributed by atoms with van der Waals surface area (Å²) in [5.74, 6) is -0.805. The van der Waals surface area contributed by atoms with Crippen LogP contribution in [0.4, 0.5) is 0 Å². The molecule has 1 N–H and O–H groups in total. The van der Waals surface area contributed by atoms with E-state index in [1.807, 2.05) is 13.8 Å². The van der Waals surface area contributed by atoms with E-state index in [9.17, 15) is 14.7 Å². The zero-order valence-electron chi connectivity index (χ0n) is 10.5. The fourth-order valence-electron chi connectivity index (χ4n) is 2.46. The molecule has 0 spiro atoms. The minimum Gasteiger partial charge on any atom is -0.481 e. The van der Waals surface area contributed by atoms with Crippen LogP contribution in [0.3, 0.4) is 0 Å². The predicted octanol–water partition coefficient (Wildman–Crippen LogP) is 1.85. The molecule has 98 valence electrons. The monoisotopic (exact) mass is 251 g/mol. The van der Waals surface area contributed by atoms with Gasteiger partial charge in [0.15, 0.2) is 5.76 Å². The number of amides is 1. The highest BCUT2D eigenvalue weighted by molar-refractivity contribution is 5.92. The van der Waals surface area contributed by atoms with Crippen molar-refractivity contribution in [2.75, 3.05) is 13.1 Å². The van der Waals surface area contributed by atoms with Crippen molar-refractivity contribution in [1.29, 1.82) is 0 Å². The fraction of sp³-hybridized carbons (Fsp3) is 0.538. The minimum atomic E-state index is -0.831. The van der Waals surface area contributed by atoms with Crippen molar-refractivity contribution in [3.63, 3.8) is 0 Å². The number of carbonyl (C=O) groups excluding carboxylic acids is 1. The molecule has 1 atom stereocenters. The summed E-state index contributed by atoms with van der Waals surface area (Å²) in [5, 5.41) is 9.40. The maximum absolute atomic E-state index is 12.1. The first-order chi connectivity index (χ1) is 8.47. The van der Waals surface area contributed by atoms with Gasteiger partial charge in [0.05, 0.1) is 11.7 Å². The highest BCUT2D eigenvalue weighted by atomic mass is 16.4. The Morgan fingerprint density at radius 1 is 1.50 bits per heavy atom. The van der Waals surface area contributed by atoms with Crippen LogP contribution >= 0.6 is 0 Å². The number of rotatable bonds is 3. The molecule has 5 heteroatoms. The van der Waals surface area contributed by atoms with Crippen molar-refractivity contribution in [1.82, 2.24) is 4.90 Å². The number of nitrogens with zero attached hydrogens (tertiary/aromatic N) is 1. The van der Waals surface area contributed by atoms with Crippen molar-refractivity contribution in [3.8, 4) is 0 Å². The van der Waals surface area contributed by atoms with Crippen molar-refractivity contribution < 1.29 is 19.1 Å². The van der Waals surface area contributed by atoms with E-state index in [0.29, 0.717) is 13.0 Å². The van der Waals surface area contributed by atoms with Gasteiger partial charge in [-0.1, -0.05) is 13.8 Å². The van der Waals surface area contributed by atoms with Gasteiger partial charge in [-0.3, -0.25) is 9.59 Å². The van der Waals surface area contributed by atoms with Gasteiger partial charge >= 0.3 is 5.97 Å². The molecule has 5 nitrogen and oxygen atoms in total. The average molecular weight is 251 g/mol. The Hall–Kier alpha value is -1.78. The minimum absolute atomic E-state index is 0.00981. The Bertz CT molecular complexity index is 452. The lowest BCUT2D eigenvalue weighted by Gasteiger charge is -2.28. The van der Waals surface area contributed by atoms with Crippen molar-refractivity contribution >= 4 is 11.9 Å². The highest BCUT2D eigenvalue weighted by Gasteiger charge is 2.48. The van der Waals surface area contributed by atoms with Crippen LogP contribution in [0.2, 0.25) is 0 Å². The van der Waals surface area contributed by atoms with E-state index in [2.05, 4.69) is 0 Å². The smallest absolute Gasteiger partial charge is 0.311 e. The SMILES string of the molecule is CC(C)C1(C(=O)O)CCN(C(=O)c2ccco2)C1. The van der Waals surface area contributed by atoms with E-state index in [1.165, 1.54) is 6.26 Å². The molecular weight excluding hydrogens is 234 g/mol. The third-order valence-corrected chi connectivity index (χ3v) is 3.85. The molecule has 0 aliphatic carbocycles. The number of carboxylic acids is 1. The zero-order valence-corrected chi connectivity index (χ0v) is 10.5. The normalized spacial score (nSPS) is 23.6. The highest BCUT2D eigenvalue weighted by Crippen LogP contribution is 2.38. The van der Waals surface area contributed by atoms with Gasteiger partial charge < -0.3 is 14.4 Å². The Morgan fingerprint density at radius 3 is 2.67 bits per heavy atom. The lowest BCUT2D eigenvalue weighted by Crippen LogP contribution is -2.40. The Labute approximate surface area is 105 Å². The van der Waals surface area contributed by atoms with Gasteiger partial charge in [0.2, 0.25) is 0 Å². The Kier molecular flexibility index (Phi) is 3.15. The van der Waals surface area contributed by atoms with Gasteiger partial charge in [0.1, 0.15) is 0 Å². The summed E-state index contributed by atoms with van der Waals surface area (Å²) in [5.41, 5.74) is -0.831. The van der Waals surface area contributed by atoms with Gasteiger partial charge in [-0.2, -0.15) is 0 Å². The van der Waals surface area contributed by atoms with Crippen LogP contribution in [0.5, 0.6) is 0 Å². The summed E-state index contributed by atoms with van der Waals surface area (Å²) in [4.78, 5) is 25.1. The van der Waals surface area contributed by atoms with Crippen LogP contribution in [0.1, 0.15) is 30.8 Å². The molecule has 1 aliphatic heterocycles. The molecule has 1 unspecified atom stereocenters. The summed E-state index contributed by atoms with van der Waals surface area (Å²) in [7, 11) is 0. The van der Waals surface area contributed by atoms with Crippen LogP contribution in [-0.2, 0) is 4.79 Å². The zero-order chi connectivity index (χ0) is 13.3. The molecule has 1 saturated heterocycles. The molecule has 0 saturated carbocycles. The standard InChI is InChI=1S/C13H17NO4/c1-9(2)13(12(16)17)5-6-14(8-13)11(15)10-4-3-7-18-10/h3-4,7,9H,5-6,8H2,1-2H3,(H,16,17). The number of carboxylic acid groups (broad SMARTS) is 1. The average Bonchev–Trinajstić information content (AvgIpc) is 2.98. The first-order valence-electron chi connectivity index (χ1n) is 6.03. The van der Waals surface area contributed by atoms with Crippen LogP contribution < -0.4 is 0 Å². The van der Waals surface area contributed by atoms with Gasteiger partial charge in [-0.15, -0.1) is 0 Å². The summed E-state index contributed by atoms with van der Waals surface area (Å²) in [6.07, 6.45) is 1.93. The van der Waals surface area contributed by atoms with E-state index < -0.39 is 11.4 Å². The first kappa shape index (κ1) is 12.7. The van der Waals surface area contributed by atoms with E-state index in [0.717, 1.165) is 0 Å². The molecule has 1 fully saturated rings. The number of hydrogen-bond acceptors (Lipinski definition) is 3. The molecule has 18 heavy (non-hydrogen) atoms. The van der Waals surface area contributed by atoms with Gasteiger partial charge in [0, 0.05) is 13.1 Å². The third kappa shape index (κ3) is 1.89. The van der Waals surface area contributed by atoms with E-state index in [-0.39, 0.29) is 24.1 Å². The Morgan fingerprint density at radius 2 is 2.22 bits per heavy atom. The number of aliphatic carboxylic acids is 1. The lowest BCUT2D eigenvalue weighted by atomic mass is 9.76. The molecule has 0 radical (unpaired) electrons. The van der Waals surface area contributed by atoms with Crippen molar-refractivity contribution in [3.05, 3.63) is 24.2 Å². The van der Waals surface area contributed by atoms with Crippen LogP contribution in [0.15, 0.2) is 22.8 Å². The van der Waals surface area contributed by atoms with E-state index in [4.69, 9.17) is 4.42 Å². The third-order valence-electron chi connectivity index (χ3n) is 3.85. The predicted molar refractivity (Wildman–Crippen MR) is 64.1 cm³/mol. The van der Waals surface area contributed by atoms with Crippen LogP contribution in [0, 0.1) is 11.3 Å². The molecular formula is C13H17NO4. The molecule has 1 aliphatic rings. The first-order valence-corrected chi connectivity index (χ1v) is 6.03. The molecule has 1 aromatic rings. The van der Waals surface area contributed by atoms with Crippen LogP contribution in [-0.4, -0.2) is 35.0 Å². The molecule has 0 aromatic carbocycles.